The molecule has 0 bridgehead atoms. The summed E-state index contributed by atoms with van der Waals surface area (Å²) in [6, 6.07) is 2.33. The molecule has 0 fully saturated rings. The molecule has 1 aromatic carbocycles. The molecular formula is C17H23ClN4O5. The minimum Gasteiger partial charge on any atom is -0.481 e. The number of amides is 1. The Morgan fingerprint density at radius 1 is 1.33 bits per heavy atom. The summed E-state index contributed by atoms with van der Waals surface area (Å²) >= 11 is 0. The average Bonchev–Trinajstić information content (AvgIpc) is 2.50. The molecule has 27 heavy (non-hydrogen) atoms. The number of aliphatic carboxylic acids is 1. The Labute approximate surface area is 161 Å². The number of nitrogens with one attached hydrogen (secondary N) is 2. The molecule has 1 amide bonds. The Morgan fingerprint density at radius 3 is 2.59 bits per heavy atom. The van der Waals surface area contributed by atoms with E-state index in [2.05, 4.69) is 15.6 Å². The van der Waals surface area contributed by atoms with Crippen molar-refractivity contribution >= 4 is 46.9 Å². The third-order valence-corrected chi connectivity index (χ3v) is 3.62. The summed E-state index contributed by atoms with van der Waals surface area (Å²) in [7, 11) is 0. The van der Waals surface area contributed by atoms with Gasteiger partial charge in [-0.1, -0.05) is 0 Å². The van der Waals surface area contributed by atoms with Gasteiger partial charge in [-0.15, -0.1) is 12.4 Å². The molecule has 0 saturated carbocycles. The predicted molar refractivity (Wildman–Crippen MR) is 104 cm³/mol. The number of rotatable bonds is 7. The summed E-state index contributed by atoms with van der Waals surface area (Å²) in [5.74, 6) is -1.52. The first-order chi connectivity index (χ1) is 12.2. The van der Waals surface area contributed by atoms with Gasteiger partial charge in [0.2, 0.25) is 5.91 Å². The van der Waals surface area contributed by atoms with Gasteiger partial charge in [-0.05, 0) is 44.9 Å². The minimum atomic E-state index is -1.02. The van der Waals surface area contributed by atoms with Gasteiger partial charge in [0.25, 0.3) is 6.01 Å². The smallest absolute Gasteiger partial charge is 0.348 e. The van der Waals surface area contributed by atoms with Gasteiger partial charge in [-0.2, -0.15) is 4.98 Å². The van der Waals surface area contributed by atoms with Crippen molar-refractivity contribution < 1.29 is 19.1 Å². The van der Waals surface area contributed by atoms with E-state index in [1.165, 1.54) is 0 Å². The maximum Gasteiger partial charge on any atom is 0.348 e. The number of anilines is 2. The zero-order chi connectivity index (χ0) is 19.4. The van der Waals surface area contributed by atoms with Crippen LogP contribution >= 0.6 is 12.4 Å². The Hall–Kier alpha value is -2.65. The number of carboxylic acids is 1. The predicted octanol–water partition coefficient (Wildman–Crippen LogP) is 1.87. The second kappa shape index (κ2) is 9.33. The van der Waals surface area contributed by atoms with Crippen molar-refractivity contribution in [2.24, 2.45) is 5.73 Å². The molecule has 10 heteroatoms. The van der Waals surface area contributed by atoms with Crippen molar-refractivity contribution in [2.45, 2.75) is 45.7 Å². The summed E-state index contributed by atoms with van der Waals surface area (Å²) < 4.78 is 5.16. The Balaban J connectivity index is 0.00000364. The quantitative estimate of drug-likeness (QED) is 0.552. The van der Waals surface area contributed by atoms with E-state index in [1.807, 2.05) is 13.8 Å². The molecule has 1 atom stereocenters. The van der Waals surface area contributed by atoms with Gasteiger partial charge >= 0.3 is 11.6 Å². The average molecular weight is 399 g/mol. The number of aryl methyl sites for hydroxylation is 1. The number of fused-ring (bicyclic) bond motifs is 1. The number of benzene rings is 1. The lowest BCUT2D eigenvalue weighted by Gasteiger charge is -2.13. The van der Waals surface area contributed by atoms with Crippen molar-refractivity contribution in [2.75, 3.05) is 10.6 Å². The van der Waals surface area contributed by atoms with Gasteiger partial charge in [0.15, 0.2) is 0 Å². The zero-order valence-corrected chi connectivity index (χ0v) is 16.1. The number of hydrogen-bond donors (Lipinski definition) is 4. The first-order valence-electron chi connectivity index (χ1n) is 8.17. The zero-order valence-electron chi connectivity index (χ0n) is 15.2. The van der Waals surface area contributed by atoms with E-state index >= 15 is 0 Å². The van der Waals surface area contributed by atoms with Crippen LogP contribution in [-0.4, -0.2) is 34.1 Å². The molecule has 1 aromatic heterocycles. The highest BCUT2D eigenvalue weighted by Gasteiger charge is 2.17. The number of carbonyl (C=O) groups is 2. The molecule has 9 nitrogen and oxygen atoms in total. The van der Waals surface area contributed by atoms with Gasteiger partial charge in [0, 0.05) is 18.2 Å². The molecule has 2 rings (SSSR count). The second-order valence-electron chi connectivity index (χ2n) is 6.32. The van der Waals surface area contributed by atoms with Crippen molar-refractivity contribution in [1.29, 1.82) is 0 Å². The highest BCUT2D eigenvalue weighted by molar-refractivity contribution is 5.97. The van der Waals surface area contributed by atoms with Crippen LogP contribution in [0, 0.1) is 6.92 Å². The van der Waals surface area contributed by atoms with Crippen LogP contribution in [0.3, 0.4) is 0 Å². The van der Waals surface area contributed by atoms with E-state index in [1.54, 1.807) is 19.1 Å². The highest BCUT2D eigenvalue weighted by Crippen LogP contribution is 2.21. The van der Waals surface area contributed by atoms with Crippen LogP contribution in [0.25, 0.3) is 10.9 Å². The summed E-state index contributed by atoms with van der Waals surface area (Å²) in [6.45, 7) is 5.47. The standard InChI is InChI=1S/C17H22N4O5.ClH/c1-8(2)19-17-21-12-7-10(6-9(3)14(12)16(25)26-17)20-15(24)11(18)4-5-13(22)23;/h6-8,11H,4-5,18H2,1-3H3,(H,19,21)(H,20,24)(H,22,23);1H/t11-;/m0./s1. The van der Waals surface area contributed by atoms with Gasteiger partial charge in [0.05, 0.1) is 16.9 Å². The fraction of sp³-hybridized carbons (Fsp3) is 0.412. The summed E-state index contributed by atoms with van der Waals surface area (Å²) in [5.41, 5.74) is 6.56. The van der Waals surface area contributed by atoms with Crippen LogP contribution in [0.15, 0.2) is 21.3 Å². The lowest BCUT2D eigenvalue weighted by atomic mass is 10.1. The molecule has 148 valence electrons. The summed E-state index contributed by atoms with van der Waals surface area (Å²) in [6.07, 6.45) is -0.170. The molecule has 0 radical (unpaired) electrons. The van der Waals surface area contributed by atoms with E-state index in [4.69, 9.17) is 15.3 Å². The van der Waals surface area contributed by atoms with E-state index in [0.717, 1.165) is 0 Å². The van der Waals surface area contributed by atoms with Crippen LogP contribution in [0.1, 0.15) is 32.3 Å². The van der Waals surface area contributed by atoms with Gasteiger partial charge < -0.3 is 25.9 Å². The van der Waals surface area contributed by atoms with E-state index in [9.17, 15) is 14.4 Å². The number of hydrogen-bond acceptors (Lipinski definition) is 7. The minimum absolute atomic E-state index is 0. The van der Waals surface area contributed by atoms with Gasteiger partial charge in [-0.3, -0.25) is 9.59 Å². The topological polar surface area (TPSA) is 148 Å². The fourth-order valence-electron chi connectivity index (χ4n) is 2.42. The summed E-state index contributed by atoms with van der Waals surface area (Å²) in [5, 5.41) is 14.5. The molecule has 5 N–H and O–H groups in total. The fourth-order valence-corrected chi connectivity index (χ4v) is 2.42. The molecule has 1 heterocycles. The lowest BCUT2D eigenvalue weighted by molar-refractivity contribution is -0.137. The van der Waals surface area contributed by atoms with Crippen molar-refractivity contribution in [3.8, 4) is 0 Å². The van der Waals surface area contributed by atoms with Gasteiger partial charge in [0.1, 0.15) is 0 Å². The Bertz CT molecular complexity index is 897. The largest absolute Gasteiger partial charge is 0.481 e. The number of aromatic nitrogens is 1. The molecular weight excluding hydrogens is 376 g/mol. The van der Waals surface area contributed by atoms with Crippen molar-refractivity contribution in [1.82, 2.24) is 4.98 Å². The number of carboxylic acid groups (broad SMARTS) is 1. The molecule has 0 unspecified atom stereocenters. The molecule has 2 aromatic rings. The van der Waals surface area contributed by atoms with Crippen LogP contribution in [-0.2, 0) is 9.59 Å². The SMILES string of the molecule is Cc1cc(NC(=O)[C@@H](N)CCC(=O)O)cc2nc(NC(C)C)oc(=O)c12.Cl. The van der Waals surface area contributed by atoms with E-state index in [-0.39, 0.29) is 37.3 Å². The monoisotopic (exact) mass is 398 g/mol. The molecule has 0 aliphatic rings. The van der Waals surface area contributed by atoms with Crippen LogP contribution in [0.4, 0.5) is 11.7 Å². The normalized spacial score (nSPS) is 11.7. The number of nitrogens with two attached hydrogens (primary N) is 1. The first kappa shape index (κ1) is 22.4. The van der Waals surface area contributed by atoms with Crippen LogP contribution < -0.4 is 22.0 Å². The van der Waals surface area contributed by atoms with E-state index in [0.29, 0.717) is 22.2 Å². The van der Waals surface area contributed by atoms with Crippen LogP contribution in [0.5, 0.6) is 0 Å². The molecule has 0 aliphatic carbocycles. The second-order valence-corrected chi connectivity index (χ2v) is 6.32. The van der Waals surface area contributed by atoms with E-state index < -0.39 is 23.5 Å². The number of carbonyl (C=O) groups excluding carboxylic acids is 1. The van der Waals surface area contributed by atoms with Gasteiger partial charge in [-0.25, -0.2) is 4.79 Å². The van der Waals surface area contributed by atoms with Crippen molar-refractivity contribution in [3.63, 3.8) is 0 Å². The Morgan fingerprint density at radius 2 is 2.00 bits per heavy atom. The maximum atomic E-state index is 12.2. The summed E-state index contributed by atoms with van der Waals surface area (Å²) in [4.78, 5) is 39.1. The van der Waals surface area contributed by atoms with Crippen molar-refractivity contribution in [3.05, 3.63) is 28.1 Å². The molecule has 0 saturated heterocycles. The molecule has 0 aliphatic heterocycles. The van der Waals surface area contributed by atoms with Crippen LogP contribution in [0.2, 0.25) is 0 Å². The highest BCUT2D eigenvalue weighted by atomic mass is 35.5. The third kappa shape index (κ3) is 5.93. The third-order valence-electron chi connectivity index (χ3n) is 3.62. The maximum absolute atomic E-state index is 12.2. The number of nitrogens with zero attached hydrogens (tertiary/aromatic N) is 1. The molecule has 0 spiro atoms. The number of halogens is 1. The first-order valence-corrected chi connectivity index (χ1v) is 8.17. The lowest BCUT2D eigenvalue weighted by Crippen LogP contribution is -2.36. The Kier molecular flexibility index (Phi) is 7.74.